The Morgan fingerprint density at radius 1 is 1.30 bits per heavy atom. The van der Waals surface area contributed by atoms with Crippen molar-refractivity contribution >= 4 is 17.6 Å². The first-order valence-corrected chi connectivity index (χ1v) is 8.94. The Labute approximate surface area is 157 Å². The molecule has 1 aromatic heterocycles. The van der Waals surface area contributed by atoms with Crippen LogP contribution in [0.4, 0.5) is 10.2 Å². The molecule has 2 heterocycles. The molecule has 0 spiro atoms. The SMILES string of the molecule is CCCCN1C(=O)C(C)(C(=O)NCc2ccc(F)cc2)Oc2cccnc21. The molecule has 7 heteroatoms. The molecule has 0 saturated heterocycles. The van der Waals surface area contributed by atoms with Gasteiger partial charge in [0.15, 0.2) is 11.6 Å². The number of carbonyl (C=O) groups excluding carboxylic acids is 2. The van der Waals surface area contributed by atoms with Gasteiger partial charge in [-0.25, -0.2) is 9.37 Å². The number of benzene rings is 1. The Morgan fingerprint density at radius 3 is 2.74 bits per heavy atom. The van der Waals surface area contributed by atoms with Crippen LogP contribution >= 0.6 is 0 Å². The van der Waals surface area contributed by atoms with E-state index in [2.05, 4.69) is 10.3 Å². The molecular weight excluding hydrogens is 349 g/mol. The second-order valence-corrected chi connectivity index (χ2v) is 6.58. The van der Waals surface area contributed by atoms with Crippen molar-refractivity contribution in [2.24, 2.45) is 0 Å². The van der Waals surface area contributed by atoms with Crippen LogP contribution in [0.2, 0.25) is 0 Å². The summed E-state index contributed by atoms with van der Waals surface area (Å²) in [6.07, 6.45) is 3.28. The predicted molar refractivity (Wildman–Crippen MR) is 98.8 cm³/mol. The first-order valence-electron chi connectivity index (χ1n) is 8.94. The maximum atomic E-state index is 13.1. The van der Waals surface area contributed by atoms with Crippen LogP contribution in [0.15, 0.2) is 42.6 Å². The van der Waals surface area contributed by atoms with E-state index >= 15 is 0 Å². The summed E-state index contributed by atoms with van der Waals surface area (Å²) < 4.78 is 18.8. The number of anilines is 1. The lowest BCUT2D eigenvalue weighted by atomic mass is 10.0. The van der Waals surface area contributed by atoms with Crippen LogP contribution in [0.3, 0.4) is 0 Å². The van der Waals surface area contributed by atoms with E-state index in [4.69, 9.17) is 4.74 Å². The molecule has 2 amide bonds. The van der Waals surface area contributed by atoms with Gasteiger partial charge in [0.25, 0.3) is 17.4 Å². The average Bonchev–Trinajstić information content (AvgIpc) is 2.67. The standard InChI is InChI=1S/C20H22FN3O3/c1-3-4-12-24-17-16(6-5-11-22-17)27-20(2,19(24)26)18(25)23-13-14-7-9-15(21)10-8-14/h5-11H,3-4,12-13H2,1-2H3,(H,23,25). The molecule has 1 aliphatic heterocycles. The maximum absolute atomic E-state index is 13.1. The van der Waals surface area contributed by atoms with E-state index in [0.29, 0.717) is 18.1 Å². The quantitative estimate of drug-likeness (QED) is 0.793. The lowest BCUT2D eigenvalue weighted by Crippen LogP contribution is -2.62. The van der Waals surface area contributed by atoms with Crippen molar-refractivity contribution in [1.29, 1.82) is 0 Å². The van der Waals surface area contributed by atoms with E-state index in [1.54, 1.807) is 30.5 Å². The molecule has 6 nitrogen and oxygen atoms in total. The van der Waals surface area contributed by atoms with Crippen molar-refractivity contribution < 1.29 is 18.7 Å². The first-order chi connectivity index (χ1) is 13.0. The fraction of sp³-hybridized carbons (Fsp3) is 0.350. The van der Waals surface area contributed by atoms with Crippen molar-refractivity contribution in [2.45, 2.75) is 38.8 Å². The summed E-state index contributed by atoms with van der Waals surface area (Å²) in [6.45, 7) is 4.12. The Hall–Kier alpha value is -2.96. The van der Waals surface area contributed by atoms with Gasteiger partial charge in [-0.3, -0.25) is 14.5 Å². The number of rotatable bonds is 6. The van der Waals surface area contributed by atoms with Gasteiger partial charge in [-0.15, -0.1) is 0 Å². The van der Waals surface area contributed by atoms with Crippen molar-refractivity contribution in [1.82, 2.24) is 10.3 Å². The molecule has 3 rings (SSSR count). The number of carbonyl (C=O) groups is 2. The molecule has 0 bridgehead atoms. The molecule has 0 saturated carbocycles. The number of aromatic nitrogens is 1. The third-order valence-corrected chi connectivity index (χ3v) is 4.51. The molecule has 27 heavy (non-hydrogen) atoms. The van der Waals surface area contributed by atoms with E-state index in [1.165, 1.54) is 24.0 Å². The molecule has 142 valence electrons. The van der Waals surface area contributed by atoms with Crippen molar-refractivity contribution in [2.75, 3.05) is 11.4 Å². The van der Waals surface area contributed by atoms with Crippen LogP contribution in [0.5, 0.6) is 5.75 Å². The van der Waals surface area contributed by atoms with Gasteiger partial charge in [-0.1, -0.05) is 25.5 Å². The zero-order valence-corrected chi connectivity index (χ0v) is 15.4. The molecule has 1 aromatic carbocycles. The number of unbranched alkanes of at least 4 members (excludes halogenated alkanes) is 1. The summed E-state index contributed by atoms with van der Waals surface area (Å²) in [5.74, 6) is -0.516. The topological polar surface area (TPSA) is 71.5 Å². The number of pyridine rings is 1. The van der Waals surface area contributed by atoms with Gasteiger partial charge in [-0.2, -0.15) is 0 Å². The van der Waals surface area contributed by atoms with Crippen molar-refractivity contribution in [3.8, 4) is 5.75 Å². The van der Waals surface area contributed by atoms with Crippen LogP contribution in [0, 0.1) is 5.82 Å². The lowest BCUT2D eigenvalue weighted by Gasteiger charge is -2.38. The summed E-state index contributed by atoms with van der Waals surface area (Å²) in [6, 6.07) is 9.19. The highest BCUT2D eigenvalue weighted by Gasteiger charge is 2.50. The minimum absolute atomic E-state index is 0.167. The molecule has 0 fully saturated rings. The molecule has 0 aliphatic carbocycles. The van der Waals surface area contributed by atoms with E-state index < -0.39 is 17.4 Å². The number of nitrogens with zero attached hydrogens (tertiary/aromatic N) is 2. The highest BCUT2D eigenvalue weighted by molar-refractivity contribution is 6.16. The van der Waals surface area contributed by atoms with Crippen LogP contribution in [-0.4, -0.2) is 28.9 Å². The number of nitrogens with one attached hydrogen (secondary N) is 1. The Bertz CT molecular complexity index is 841. The number of hydrogen-bond donors (Lipinski definition) is 1. The van der Waals surface area contributed by atoms with Gasteiger partial charge in [0.05, 0.1) is 0 Å². The van der Waals surface area contributed by atoms with Gasteiger partial charge in [0, 0.05) is 19.3 Å². The fourth-order valence-electron chi connectivity index (χ4n) is 2.90. The van der Waals surface area contributed by atoms with E-state index in [1.807, 2.05) is 6.92 Å². The number of hydrogen-bond acceptors (Lipinski definition) is 4. The van der Waals surface area contributed by atoms with E-state index in [-0.39, 0.29) is 12.4 Å². The third kappa shape index (κ3) is 3.77. The second kappa shape index (κ2) is 7.73. The number of fused-ring (bicyclic) bond motifs is 1. The highest BCUT2D eigenvalue weighted by Crippen LogP contribution is 2.36. The lowest BCUT2D eigenvalue weighted by molar-refractivity contribution is -0.148. The predicted octanol–water partition coefficient (Wildman–Crippen LogP) is 2.82. The smallest absolute Gasteiger partial charge is 0.282 e. The maximum Gasteiger partial charge on any atom is 0.282 e. The third-order valence-electron chi connectivity index (χ3n) is 4.51. The van der Waals surface area contributed by atoms with Crippen LogP contribution in [0.1, 0.15) is 32.3 Å². The number of amides is 2. The molecule has 1 aliphatic rings. The minimum Gasteiger partial charge on any atom is -0.464 e. The van der Waals surface area contributed by atoms with Gasteiger partial charge in [-0.05, 0) is 43.2 Å². The van der Waals surface area contributed by atoms with Gasteiger partial charge in [0.1, 0.15) is 5.82 Å². The molecule has 1 unspecified atom stereocenters. The van der Waals surface area contributed by atoms with Crippen LogP contribution in [-0.2, 0) is 16.1 Å². The average molecular weight is 371 g/mol. The molecular formula is C20H22FN3O3. The molecule has 1 N–H and O–H groups in total. The summed E-state index contributed by atoms with van der Waals surface area (Å²) in [5.41, 5.74) is -0.967. The largest absolute Gasteiger partial charge is 0.464 e. The van der Waals surface area contributed by atoms with Gasteiger partial charge in [0.2, 0.25) is 0 Å². The van der Waals surface area contributed by atoms with Crippen LogP contribution in [0.25, 0.3) is 0 Å². The molecule has 0 radical (unpaired) electrons. The summed E-state index contributed by atoms with van der Waals surface area (Å²) in [7, 11) is 0. The Kier molecular flexibility index (Phi) is 5.39. The summed E-state index contributed by atoms with van der Waals surface area (Å²) >= 11 is 0. The Balaban J connectivity index is 1.81. The zero-order chi connectivity index (χ0) is 19.4. The van der Waals surface area contributed by atoms with Gasteiger partial charge < -0.3 is 10.1 Å². The minimum atomic E-state index is -1.69. The van der Waals surface area contributed by atoms with E-state index in [0.717, 1.165) is 18.4 Å². The van der Waals surface area contributed by atoms with Gasteiger partial charge >= 0.3 is 0 Å². The molecule has 2 aromatic rings. The monoisotopic (exact) mass is 371 g/mol. The fourth-order valence-corrected chi connectivity index (χ4v) is 2.90. The second-order valence-electron chi connectivity index (χ2n) is 6.58. The number of halogens is 1. The zero-order valence-electron chi connectivity index (χ0n) is 15.4. The summed E-state index contributed by atoms with van der Waals surface area (Å²) in [5, 5.41) is 2.71. The highest BCUT2D eigenvalue weighted by atomic mass is 19.1. The Morgan fingerprint density at radius 2 is 2.04 bits per heavy atom. The first kappa shape index (κ1) is 18.8. The van der Waals surface area contributed by atoms with Crippen molar-refractivity contribution in [3.63, 3.8) is 0 Å². The van der Waals surface area contributed by atoms with Crippen LogP contribution < -0.4 is 15.0 Å². The molecule has 1 atom stereocenters. The summed E-state index contributed by atoms with van der Waals surface area (Å²) in [4.78, 5) is 31.6. The van der Waals surface area contributed by atoms with E-state index in [9.17, 15) is 14.0 Å². The normalized spacial score (nSPS) is 18.6. The van der Waals surface area contributed by atoms with Crippen molar-refractivity contribution in [3.05, 3.63) is 54.0 Å². The number of ether oxygens (including phenoxy) is 1.